The van der Waals surface area contributed by atoms with E-state index >= 15 is 0 Å². The van der Waals surface area contributed by atoms with Crippen molar-refractivity contribution in [2.24, 2.45) is 0 Å². The summed E-state index contributed by atoms with van der Waals surface area (Å²) in [6.07, 6.45) is -0.927. The molecule has 0 N–H and O–H groups in total. The van der Waals surface area contributed by atoms with Gasteiger partial charge in [-0.1, -0.05) is 12.1 Å². The van der Waals surface area contributed by atoms with Crippen molar-refractivity contribution in [1.82, 2.24) is 0 Å². The number of methoxy groups -OCH3 is 1. The molecule has 0 aliphatic rings. The molecule has 0 spiro atoms. The topological polar surface area (TPSA) is 44.8 Å². The molecule has 0 aliphatic heterocycles. The standard InChI is InChI=1S/C16H15FO4/c1-11(20-15-6-4-3-5-14(15)17)16(18)21-13-9-7-12(19-2)8-10-13/h3-11H,1-2H3/t11-/m0/s1. The normalized spacial score (nSPS) is 11.6. The lowest BCUT2D eigenvalue weighted by Gasteiger charge is -2.14. The molecule has 0 amide bonds. The maximum absolute atomic E-state index is 13.4. The van der Waals surface area contributed by atoms with E-state index in [1.165, 1.54) is 19.1 Å². The van der Waals surface area contributed by atoms with Crippen molar-refractivity contribution in [2.45, 2.75) is 13.0 Å². The summed E-state index contributed by atoms with van der Waals surface area (Å²) in [5.74, 6) is -0.100. The third-order valence-electron chi connectivity index (χ3n) is 2.75. The Morgan fingerprint density at radius 3 is 2.29 bits per heavy atom. The van der Waals surface area contributed by atoms with Crippen molar-refractivity contribution < 1.29 is 23.4 Å². The van der Waals surface area contributed by atoms with Crippen molar-refractivity contribution in [3.63, 3.8) is 0 Å². The highest BCUT2D eigenvalue weighted by Gasteiger charge is 2.18. The predicted octanol–water partition coefficient (Wildman–Crippen LogP) is 3.21. The van der Waals surface area contributed by atoms with Gasteiger partial charge in [0.15, 0.2) is 17.7 Å². The van der Waals surface area contributed by atoms with Crippen LogP contribution in [0.2, 0.25) is 0 Å². The number of benzene rings is 2. The van der Waals surface area contributed by atoms with Crippen molar-refractivity contribution >= 4 is 5.97 Å². The van der Waals surface area contributed by atoms with Gasteiger partial charge in [0, 0.05) is 0 Å². The highest BCUT2D eigenvalue weighted by Crippen LogP contribution is 2.20. The summed E-state index contributed by atoms with van der Waals surface area (Å²) in [7, 11) is 1.55. The molecule has 110 valence electrons. The van der Waals surface area contributed by atoms with E-state index in [0.717, 1.165) is 0 Å². The fourth-order valence-electron chi connectivity index (χ4n) is 1.62. The number of para-hydroxylation sites is 1. The first-order chi connectivity index (χ1) is 10.1. The number of esters is 1. The van der Waals surface area contributed by atoms with Gasteiger partial charge in [0.25, 0.3) is 0 Å². The Bertz CT molecular complexity index is 610. The number of hydrogen-bond acceptors (Lipinski definition) is 4. The van der Waals surface area contributed by atoms with Crippen LogP contribution in [-0.2, 0) is 4.79 Å². The maximum Gasteiger partial charge on any atom is 0.352 e. The Labute approximate surface area is 122 Å². The maximum atomic E-state index is 13.4. The van der Waals surface area contributed by atoms with Crippen LogP contribution in [0, 0.1) is 5.82 Å². The van der Waals surface area contributed by atoms with Crippen molar-refractivity contribution in [1.29, 1.82) is 0 Å². The van der Waals surface area contributed by atoms with Gasteiger partial charge in [-0.05, 0) is 43.3 Å². The summed E-state index contributed by atoms with van der Waals surface area (Å²) in [4.78, 5) is 11.9. The molecular formula is C16H15FO4. The van der Waals surface area contributed by atoms with Crippen LogP contribution in [0.1, 0.15) is 6.92 Å². The van der Waals surface area contributed by atoms with E-state index in [4.69, 9.17) is 14.2 Å². The Kier molecular flexibility index (Phi) is 4.77. The third-order valence-corrected chi connectivity index (χ3v) is 2.75. The average Bonchev–Trinajstić information content (AvgIpc) is 2.50. The van der Waals surface area contributed by atoms with Gasteiger partial charge in [0.1, 0.15) is 11.5 Å². The van der Waals surface area contributed by atoms with Gasteiger partial charge in [-0.2, -0.15) is 0 Å². The zero-order valence-electron chi connectivity index (χ0n) is 11.7. The van der Waals surface area contributed by atoms with E-state index in [1.807, 2.05) is 0 Å². The molecule has 2 aromatic carbocycles. The second-order valence-corrected chi connectivity index (χ2v) is 4.29. The van der Waals surface area contributed by atoms with Crippen LogP contribution in [0.3, 0.4) is 0 Å². The Morgan fingerprint density at radius 1 is 1.05 bits per heavy atom. The molecule has 5 heteroatoms. The first kappa shape index (κ1) is 14.8. The van der Waals surface area contributed by atoms with Crippen molar-refractivity contribution in [3.8, 4) is 17.2 Å². The van der Waals surface area contributed by atoms with Gasteiger partial charge in [-0.15, -0.1) is 0 Å². The fraction of sp³-hybridized carbons (Fsp3) is 0.188. The highest BCUT2D eigenvalue weighted by atomic mass is 19.1. The number of ether oxygens (including phenoxy) is 3. The molecule has 2 rings (SSSR count). The Hall–Kier alpha value is -2.56. The summed E-state index contributed by atoms with van der Waals surface area (Å²) in [5.41, 5.74) is 0. The van der Waals surface area contributed by atoms with Gasteiger partial charge >= 0.3 is 5.97 Å². The molecule has 0 aliphatic carbocycles. The van der Waals surface area contributed by atoms with E-state index in [2.05, 4.69) is 0 Å². The lowest BCUT2D eigenvalue weighted by atomic mass is 10.3. The number of rotatable bonds is 5. The third kappa shape index (κ3) is 3.95. The minimum atomic E-state index is -0.927. The zero-order valence-corrected chi connectivity index (χ0v) is 11.7. The van der Waals surface area contributed by atoms with Crippen LogP contribution in [0.15, 0.2) is 48.5 Å². The number of carbonyl (C=O) groups is 1. The van der Waals surface area contributed by atoms with E-state index in [0.29, 0.717) is 11.5 Å². The van der Waals surface area contributed by atoms with Gasteiger partial charge in [-0.3, -0.25) is 0 Å². The van der Waals surface area contributed by atoms with Gasteiger partial charge in [0.2, 0.25) is 0 Å². The molecule has 0 radical (unpaired) electrons. The SMILES string of the molecule is COc1ccc(OC(=O)[C@H](C)Oc2ccccc2F)cc1. The van der Waals surface area contributed by atoms with Crippen LogP contribution < -0.4 is 14.2 Å². The van der Waals surface area contributed by atoms with E-state index in [9.17, 15) is 9.18 Å². The van der Waals surface area contributed by atoms with Gasteiger partial charge in [0.05, 0.1) is 7.11 Å². The smallest absolute Gasteiger partial charge is 0.352 e. The summed E-state index contributed by atoms with van der Waals surface area (Å²) >= 11 is 0. The van der Waals surface area contributed by atoms with Gasteiger partial charge in [-0.25, -0.2) is 9.18 Å². The lowest BCUT2D eigenvalue weighted by Crippen LogP contribution is -2.28. The molecule has 21 heavy (non-hydrogen) atoms. The van der Waals surface area contributed by atoms with E-state index in [-0.39, 0.29) is 5.75 Å². The Morgan fingerprint density at radius 2 is 1.67 bits per heavy atom. The van der Waals surface area contributed by atoms with E-state index < -0.39 is 17.9 Å². The molecule has 0 bridgehead atoms. The van der Waals surface area contributed by atoms with Crippen LogP contribution in [0.5, 0.6) is 17.2 Å². The second-order valence-electron chi connectivity index (χ2n) is 4.29. The van der Waals surface area contributed by atoms with Crippen molar-refractivity contribution in [3.05, 3.63) is 54.3 Å². The molecule has 2 aromatic rings. The molecule has 0 saturated heterocycles. The summed E-state index contributed by atoms with van der Waals surface area (Å²) in [5, 5.41) is 0. The highest BCUT2D eigenvalue weighted by molar-refractivity contribution is 5.77. The quantitative estimate of drug-likeness (QED) is 0.626. The number of carbonyl (C=O) groups excluding carboxylic acids is 1. The minimum absolute atomic E-state index is 0.0108. The summed E-state index contributed by atoms with van der Waals surface area (Å²) < 4.78 is 28.8. The van der Waals surface area contributed by atoms with Crippen molar-refractivity contribution in [2.75, 3.05) is 7.11 Å². The van der Waals surface area contributed by atoms with Crippen LogP contribution in [0.4, 0.5) is 4.39 Å². The first-order valence-electron chi connectivity index (χ1n) is 6.37. The Balaban J connectivity index is 1.97. The molecule has 1 atom stereocenters. The molecule has 0 unspecified atom stereocenters. The zero-order chi connectivity index (χ0) is 15.2. The first-order valence-corrected chi connectivity index (χ1v) is 6.37. The number of halogens is 1. The molecule has 0 aromatic heterocycles. The largest absolute Gasteiger partial charge is 0.497 e. The van der Waals surface area contributed by atoms with Crippen LogP contribution in [0.25, 0.3) is 0 Å². The molecule has 0 fully saturated rings. The van der Waals surface area contributed by atoms with Gasteiger partial charge < -0.3 is 14.2 Å². The molecule has 0 heterocycles. The van der Waals surface area contributed by atoms with Crippen LogP contribution >= 0.6 is 0 Å². The van der Waals surface area contributed by atoms with Crippen LogP contribution in [-0.4, -0.2) is 19.2 Å². The number of hydrogen-bond donors (Lipinski definition) is 0. The lowest BCUT2D eigenvalue weighted by molar-refractivity contribution is -0.141. The molecular weight excluding hydrogens is 275 g/mol. The molecule has 0 saturated carbocycles. The second kappa shape index (κ2) is 6.74. The summed E-state index contributed by atoms with van der Waals surface area (Å²) in [6, 6.07) is 12.4. The summed E-state index contributed by atoms with van der Waals surface area (Å²) in [6.45, 7) is 1.50. The fourth-order valence-corrected chi connectivity index (χ4v) is 1.62. The monoisotopic (exact) mass is 290 g/mol. The average molecular weight is 290 g/mol. The molecule has 4 nitrogen and oxygen atoms in total. The predicted molar refractivity (Wildman–Crippen MR) is 75.1 cm³/mol. The van der Waals surface area contributed by atoms with E-state index in [1.54, 1.807) is 43.5 Å². The minimum Gasteiger partial charge on any atom is -0.497 e.